The Morgan fingerprint density at radius 2 is 1.86 bits per heavy atom. The van der Waals surface area contributed by atoms with Crippen molar-refractivity contribution in [3.63, 3.8) is 0 Å². The second-order valence-corrected chi connectivity index (χ2v) is 7.90. The Morgan fingerprint density at radius 1 is 1.10 bits per heavy atom. The van der Waals surface area contributed by atoms with Crippen LogP contribution in [0.15, 0.2) is 65.6 Å². The van der Waals surface area contributed by atoms with Crippen LogP contribution in [0.3, 0.4) is 0 Å². The van der Waals surface area contributed by atoms with Crippen LogP contribution < -0.4 is 10.1 Å². The lowest BCUT2D eigenvalue weighted by molar-refractivity contribution is 0.102. The Hall–Kier alpha value is -2.50. The van der Waals surface area contributed by atoms with E-state index in [4.69, 9.17) is 16.3 Å². The molecule has 150 valence electrons. The number of anilines is 1. The molecule has 0 unspecified atom stereocenters. The Labute approximate surface area is 179 Å². The Morgan fingerprint density at radius 3 is 2.55 bits per heavy atom. The van der Waals surface area contributed by atoms with Crippen LogP contribution in [0.2, 0.25) is 5.02 Å². The molecule has 0 bridgehead atoms. The number of nitrogens with one attached hydrogen (secondary N) is 1. The maximum atomic E-state index is 13.3. The van der Waals surface area contributed by atoms with Crippen LogP contribution in [0.1, 0.15) is 28.4 Å². The molecule has 0 atom stereocenters. The summed E-state index contributed by atoms with van der Waals surface area (Å²) in [5, 5.41) is 2.71. The van der Waals surface area contributed by atoms with E-state index < -0.39 is 5.82 Å². The summed E-state index contributed by atoms with van der Waals surface area (Å²) >= 11 is 7.47. The summed E-state index contributed by atoms with van der Waals surface area (Å²) < 4.78 is 19.0. The smallest absolute Gasteiger partial charge is 0.255 e. The van der Waals surface area contributed by atoms with Crippen molar-refractivity contribution in [1.29, 1.82) is 0 Å². The van der Waals surface area contributed by atoms with Crippen LogP contribution in [0.25, 0.3) is 0 Å². The topological polar surface area (TPSA) is 38.3 Å². The number of thioether (sulfide) groups is 1. The third-order valence-corrected chi connectivity index (χ3v) is 5.57. The van der Waals surface area contributed by atoms with Crippen molar-refractivity contribution in [2.75, 3.05) is 11.9 Å². The number of carbonyl (C=O) groups excluding carboxylic acids is 1. The van der Waals surface area contributed by atoms with Crippen molar-refractivity contribution >= 4 is 35.0 Å². The highest BCUT2D eigenvalue weighted by molar-refractivity contribution is 7.98. The number of hydrogen-bond acceptors (Lipinski definition) is 3. The molecular formula is C23H21ClFNO2S. The van der Waals surface area contributed by atoms with Crippen molar-refractivity contribution < 1.29 is 13.9 Å². The highest BCUT2D eigenvalue weighted by Gasteiger charge is 2.12. The molecule has 1 N–H and O–H groups in total. The van der Waals surface area contributed by atoms with Crippen LogP contribution in [-0.2, 0) is 5.75 Å². The van der Waals surface area contributed by atoms with E-state index in [0.717, 1.165) is 16.2 Å². The predicted molar refractivity (Wildman–Crippen MR) is 118 cm³/mol. The Balaban J connectivity index is 1.78. The average molecular weight is 430 g/mol. The first-order valence-corrected chi connectivity index (χ1v) is 10.5. The number of halogens is 2. The maximum Gasteiger partial charge on any atom is 0.255 e. The molecule has 1 amide bonds. The SMILES string of the molecule is CCOc1ccc(C(=O)Nc2ccc(F)c(Cl)c2)cc1CSc1ccc(C)cc1. The highest BCUT2D eigenvalue weighted by Crippen LogP contribution is 2.30. The first-order chi connectivity index (χ1) is 14.0. The van der Waals surface area contributed by atoms with Crippen LogP contribution >= 0.6 is 23.4 Å². The summed E-state index contributed by atoms with van der Waals surface area (Å²) in [4.78, 5) is 13.8. The molecule has 3 aromatic rings. The molecular weight excluding hydrogens is 409 g/mol. The summed E-state index contributed by atoms with van der Waals surface area (Å²) in [6.45, 7) is 4.52. The fourth-order valence-electron chi connectivity index (χ4n) is 2.70. The van der Waals surface area contributed by atoms with Gasteiger partial charge in [0.1, 0.15) is 11.6 Å². The number of amides is 1. The average Bonchev–Trinajstić information content (AvgIpc) is 2.71. The zero-order chi connectivity index (χ0) is 20.8. The highest BCUT2D eigenvalue weighted by atomic mass is 35.5. The predicted octanol–water partition coefficient (Wildman–Crippen LogP) is 6.73. The van der Waals surface area contributed by atoms with Gasteiger partial charge < -0.3 is 10.1 Å². The third-order valence-electron chi connectivity index (χ3n) is 4.22. The van der Waals surface area contributed by atoms with Crippen LogP contribution in [0.5, 0.6) is 5.75 Å². The van der Waals surface area contributed by atoms with Gasteiger partial charge in [-0.05, 0) is 62.4 Å². The Kier molecular flexibility index (Phi) is 7.18. The van der Waals surface area contributed by atoms with Crippen LogP contribution in [-0.4, -0.2) is 12.5 Å². The molecule has 0 aliphatic heterocycles. The second-order valence-electron chi connectivity index (χ2n) is 6.44. The first kappa shape index (κ1) is 21.2. The standard InChI is InChI=1S/C23H21ClFNO2S/c1-3-28-22-11-6-16(23(27)26-18-7-10-21(25)20(24)13-18)12-17(22)14-29-19-8-4-15(2)5-9-19/h4-13H,3,14H2,1-2H3,(H,26,27). The summed E-state index contributed by atoms with van der Waals surface area (Å²) in [5.41, 5.74) is 3.07. The lowest BCUT2D eigenvalue weighted by Crippen LogP contribution is -2.12. The lowest BCUT2D eigenvalue weighted by atomic mass is 10.1. The number of ether oxygens (including phenoxy) is 1. The van der Waals surface area contributed by atoms with Crippen molar-refractivity contribution in [2.45, 2.75) is 24.5 Å². The summed E-state index contributed by atoms with van der Waals surface area (Å²) in [7, 11) is 0. The quantitative estimate of drug-likeness (QED) is 0.423. The molecule has 0 aromatic heterocycles. The maximum absolute atomic E-state index is 13.3. The molecule has 0 radical (unpaired) electrons. The molecule has 3 nitrogen and oxygen atoms in total. The van der Waals surface area contributed by atoms with Gasteiger partial charge in [0.05, 0.1) is 11.6 Å². The van der Waals surface area contributed by atoms with E-state index in [1.165, 1.54) is 23.8 Å². The fourth-order valence-corrected chi connectivity index (χ4v) is 3.76. The molecule has 0 fully saturated rings. The van der Waals surface area contributed by atoms with E-state index in [0.29, 0.717) is 23.6 Å². The minimum atomic E-state index is -0.527. The Bertz CT molecular complexity index is 1010. The first-order valence-electron chi connectivity index (χ1n) is 9.18. The molecule has 0 spiro atoms. The molecule has 0 aliphatic carbocycles. The number of benzene rings is 3. The third kappa shape index (κ3) is 5.75. The minimum absolute atomic E-state index is 0.0373. The van der Waals surface area contributed by atoms with E-state index in [2.05, 4.69) is 36.5 Å². The summed E-state index contributed by atoms with van der Waals surface area (Å²) in [6.07, 6.45) is 0. The zero-order valence-corrected chi connectivity index (χ0v) is 17.7. The van der Waals surface area contributed by atoms with Gasteiger partial charge in [-0.1, -0.05) is 29.3 Å². The minimum Gasteiger partial charge on any atom is -0.494 e. The molecule has 0 saturated heterocycles. The molecule has 6 heteroatoms. The van der Waals surface area contributed by atoms with E-state index in [1.54, 1.807) is 23.9 Å². The summed E-state index contributed by atoms with van der Waals surface area (Å²) in [6, 6.07) is 17.7. The van der Waals surface area contributed by atoms with Crippen LogP contribution in [0.4, 0.5) is 10.1 Å². The summed E-state index contributed by atoms with van der Waals surface area (Å²) in [5.74, 6) is 0.606. The van der Waals surface area contributed by atoms with Gasteiger partial charge in [-0.2, -0.15) is 0 Å². The lowest BCUT2D eigenvalue weighted by Gasteiger charge is -2.13. The van der Waals surface area contributed by atoms with Crippen molar-refractivity contribution in [3.8, 4) is 5.75 Å². The number of aryl methyl sites for hydroxylation is 1. The van der Waals surface area contributed by atoms with Gasteiger partial charge in [-0.3, -0.25) is 4.79 Å². The second kappa shape index (κ2) is 9.81. The van der Waals surface area contributed by atoms with E-state index in [1.807, 2.05) is 13.0 Å². The number of carbonyl (C=O) groups is 1. The largest absolute Gasteiger partial charge is 0.494 e. The molecule has 3 rings (SSSR count). The zero-order valence-electron chi connectivity index (χ0n) is 16.2. The fraction of sp³-hybridized carbons (Fsp3) is 0.174. The molecule has 0 heterocycles. The van der Waals surface area contributed by atoms with Crippen molar-refractivity contribution in [2.24, 2.45) is 0 Å². The van der Waals surface area contributed by atoms with Gasteiger partial charge in [0.25, 0.3) is 5.91 Å². The van der Waals surface area contributed by atoms with Crippen LogP contribution in [0, 0.1) is 12.7 Å². The van der Waals surface area contributed by atoms with Gasteiger partial charge in [-0.25, -0.2) is 4.39 Å². The number of rotatable bonds is 7. The molecule has 0 aliphatic rings. The monoisotopic (exact) mass is 429 g/mol. The van der Waals surface area contributed by atoms with Gasteiger partial charge in [-0.15, -0.1) is 11.8 Å². The molecule has 0 saturated carbocycles. The van der Waals surface area contributed by atoms with Crippen molar-refractivity contribution in [1.82, 2.24) is 0 Å². The molecule has 29 heavy (non-hydrogen) atoms. The van der Waals surface area contributed by atoms with Gasteiger partial charge in [0.2, 0.25) is 0 Å². The molecule has 3 aromatic carbocycles. The van der Waals surface area contributed by atoms with Gasteiger partial charge >= 0.3 is 0 Å². The van der Waals surface area contributed by atoms with E-state index in [9.17, 15) is 9.18 Å². The van der Waals surface area contributed by atoms with E-state index >= 15 is 0 Å². The van der Waals surface area contributed by atoms with Crippen molar-refractivity contribution in [3.05, 3.63) is 88.2 Å². The van der Waals surface area contributed by atoms with Gasteiger partial charge in [0.15, 0.2) is 0 Å². The number of hydrogen-bond donors (Lipinski definition) is 1. The van der Waals surface area contributed by atoms with E-state index in [-0.39, 0.29) is 10.9 Å². The normalized spacial score (nSPS) is 10.6. The van der Waals surface area contributed by atoms with Gasteiger partial charge in [0, 0.05) is 27.5 Å².